The minimum absolute atomic E-state index is 0.0430. The van der Waals surface area contributed by atoms with Gasteiger partial charge in [-0.2, -0.15) is 5.26 Å². The van der Waals surface area contributed by atoms with Gasteiger partial charge in [0, 0.05) is 85.5 Å². The number of aliphatic hydroxyl groups is 2. The normalized spacial score (nSPS) is 26.0. The van der Waals surface area contributed by atoms with Gasteiger partial charge in [-0.15, -0.1) is 11.3 Å². The number of phenolic OH excluding ortho intramolecular Hbond substituents is 2. The predicted molar refractivity (Wildman–Crippen MR) is 308 cm³/mol. The fourth-order valence-corrected chi connectivity index (χ4v) is 15.8. The molecule has 17 nitrogen and oxygen atoms in total. The van der Waals surface area contributed by atoms with Crippen molar-refractivity contribution in [3.8, 4) is 23.3 Å². The number of aromatic hydroxyl groups is 2. The lowest BCUT2D eigenvalue weighted by atomic mass is 9.43. The number of nitriles is 1. The van der Waals surface area contributed by atoms with Crippen LogP contribution in [0.2, 0.25) is 0 Å². The van der Waals surface area contributed by atoms with Crippen LogP contribution in [0.25, 0.3) is 23.4 Å². The summed E-state index contributed by atoms with van der Waals surface area (Å²) >= 11 is 1.18. The van der Waals surface area contributed by atoms with Gasteiger partial charge in [0.05, 0.1) is 22.4 Å². The maximum atomic E-state index is 13.7. The number of amides is 4. The molecule has 7 rings (SSSR count). The van der Waals surface area contributed by atoms with Gasteiger partial charge in [0.25, 0.3) is 0 Å². The van der Waals surface area contributed by atoms with E-state index in [4.69, 9.17) is 4.74 Å². The second kappa shape index (κ2) is 26.0. The number of phenols is 2. The number of aliphatic hydroxyl groups excluding tert-OH is 2. The average Bonchev–Trinajstić information content (AvgIpc) is 4.02. The van der Waals surface area contributed by atoms with E-state index in [0.717, 1.165) is 51.4 Å². The summed E-state index contributed by atoms with van der Waals surface area (Å²) < 4.78 is 6.47. The molecule has 4 aliphatic carbocycles. The van der Waals surface area contributed by atoms with Gasteiger partial charge in [0.15, 0.2) is 5.01 Å². The molecule has 80 heavy (non-hydrogen) atoms. The number of thiazole rings is 1. The van der Waals surface area contributed by atoms with Crippen LogP contribution in [0.15, 0.2) is 18.2 Å². The number of aliphatic carboxylic acids is 1. The van der Waals surface area contributed by atoms with Crippen molar-refractivity contribution in [1.29, 1.82) is 5.26 Å². The molecular formula is C62H88N6O11S. The van der Waals surface area contributed by atoms with Crippen LogP contribution in [0.4, 0.5) is 4.79 Å². The van der Waals surface area contributed by atoms with Gasteiger partial charge in [-0.25, -0.2) is 14.6 Å². The molecule has 11 atom stereocenters. The van der Waals surface area contributed by atoms with Gasteiger partial charge < -0.3 is 50.7 Å². The quantitative estimate of drug-likeness (QED) is 0.0330. The first-order valence-electron chi connectivity index (χ1n) is 29.2. The summed E-state index contributed by atoms with van der Waals surface area (Å²) in [7, 11) is 1.62. The first-order chi connectivity index (χ1) is 37.8. The smallest absolute Gasteiger partial charge is 0.415 e. The maximum absolute atomic E-state index is 13.7. The number of ether oxygens (including phenoxy) is 1. The average molecular weight is 1130 g/mol. The maximum Gasteiger partial charge on any atom is 0.415 e. The molecule has 438 valence electrons. The van der Waals surface area contributed by atoms with Crippen LogP contribution in [-0.2, 0) is 24.6 Å². The molecule has 0 bridgehead atoms. The number of carboxylic acids is 1. The first-order valence-corrected chi connectivity index (χ1v) is 30.0. The molecule has 0 radical (unpaired) electrons. The Morgan fingerprint density at radius 1 is 0.912 bits per heavy atom. The molecule has 1 unspecified atom stereocenters. The van der Waals surface area contributed by atoms with Gasteiger partial charge in [-0.05, 0) is 155 Å². The second-order valence-electron chi connectivity index (χ2n) is 25.2. The van der Waals surface area contributed by atoms with Gasteiger partial charge in [0.1, 0.15) is 29.4 Å². The summed E-state index contributed by atoms with van der Waals surface area (Å²) in [6.07, 6.45) is 10.7. The topological polar surface area (TPSA) is 263 Å². The Bertz CT molecular complexity index is 2900. The number of benzene rings is 2. The largest absolute Gasteiger partial charge is 0.507 e. The van der Waals surface area contributed by atoms with E-state index in [9.17, 15) is 54.8 Å². The lowest BCUT2D eigenvalue weighted by Gasteiger charge is -2.62. The number of hydrogen-bond acceptors (Lipinski definition) is 13. The number of carboxylic acid groups (broad SMARTS) is 1. The van der Waals surface area contributed by atoms with Crippen molar-refractivity contribution in [1.82, 2.24) is 25.4 Å². The van der Waals surface area contributed by atoms with Gasteiger partial charge in [-0.3, -0.25) is 14.4 Å². The van der Waals surface area contributed by atoms with E-state index in [2.05, 4.69) is 49.5 Å². The number of hydrogen-bond donors (Lipinski definition) is 7. The van der Waals surface area contributed by atoms with E-state index >= 15 is 0 Å². The molecule has 1 aromatic heterocycles. The second-order valence-corrected chi connectivity index (χ2v) is 26.2. The molecule has 4 saturated carbocycles. The van der Waals surface area contributed by atoms with Crippen molar-refractivity contribution in [2.24, 2.45) is 46.3 Å². The molecule has 0 spiro atoms. The number of carbonyl (C=O) groups excluding carboxylic acids is 4. The molecule has 0 aliphatic heterocycles. The highest BCUT2D eigenvalue weighted by Crippen LogP contribution is 2.68. The van der Waals surface area contributed by atoms with E-state index in [1.807, 2.05) is 6.07 Å². The van der Waals surface area contributed by atoms with Crippen molar-refractivity contribution in [3.05, 3.63) is 44.8 Å². The minimum Gasteiger partial charge on any atom is -0.507 e. The number of nitrogens with one attached hydrogen (secondary N) is 2. The minimum atomic E-state index is -1.10. The van der Waals surface area contributed by atoms with Crippen LogP contribution >= 0.6 is 11.3 Å². The molecule has 18 heteroatoms. The predicted octanol–water partition coefficient (Wildman–Crippen LogP) is 8.16. The number of fused-ring (bicyclic) bond motifs is 6. The number of nitrogens with zero attached hydrogens (tertiary/aromatic N) is 4. The van der Waals surface area contributed by atoms with E-state index in [-0.39, 0.29) is 125 Å². The summed E-state index contributed by atoms with van der Waals surface area (Å²) in [5.74, 6) is 0.715. The van der Waals surface area contributed by atoms with Gasteiger partial charge >= 0.3 is 12.1 Å². The summed E-state index contributed by atoms with van der Waals surface area (Å²) in [5.41, 5.74) is 0.345. The van der Waals surface area contributed by atoms with Gasteiger partial charge in [0.2, 0.25) is 17.7 Å². The molecule has 4 amide bonds. The number of carbonyl (C=O) groups is 5. The van der Waals surface area contributed by atoms with Crippen LogP contribution in [0.3, 0.4) is 0 Å². The van der Waals surface area contributed by atoms with Crippen molar-refractivity contribution in [3.63, 3.8) is 0 Å². The zero-order valence-electron chi connectivity index (χ0n) is 48.3. The highest BCUT2D eigenvalue weighted by molar-refractivity contribution is 7.19. The number of unbranched alkanes of at least 4 members (excludes halogenated alkanes) is 3. The van der Waals surface area contributed by atoms with Gasteiger partial charge in [-0.1, -0.05) is 54.2 Å². The van der Waals surface area contributed by atoms with Crippen molar-refractivity contribution < 1.29 is 54.2 Å². The molecule has 2 aromatic carbocycles. The number of rotatable bonds is 24. The van der Waals surface area contributed by atoms with Crippen LogP contribution in [-0.4, -0.2) is 122 Å². The van der Waals surface area contributed by atoms with E-state index < -0.39 is 29.6 Å². The highest BCUT2D eigenvalue weighted by Gasteiger charge is 2.63. The monoisotopic (exact) mass is 1120 g/mol. The lowest BCUT2D eigenvalue weighted by Crippen LogP contribution is -2.58. The number of likely N-dealkylation sites (N-methyl/N-ethyl adjacent to an activating group) is 1. The molecule has 7 N–H and O–H groups in total. The molecule has 3 aromatic rings. The van der Waals surface area contributed by atoms with E-state index in [0.29, 0.717) is 90.1 Å². The summed E-state index contributed by atoms with van der Waals surface area (Å²) in [4.78, 5) is 73.0. The van der Waals surface area contributed by atoms with Crippen LogP contribution in [0, 0.1) is 64.6 Å². The van der Waals surface area contributed by atoms with E-state index in [1.165, 1.54) is 21.1 Å². The van der Waals surface area contributed by atoms with Crippen molar-refractivity contribution >= 4 is 64.5 Å². The molecule has 4 fully saturated rings. The third-order valence-electron chi connectivity index (χ3n) is 19.8. The standard InChI is InChI=1S/C62H88N6O11S/c1-36(44-21-22-45-43-20-18-40-31-41(69)25-26-61(40,7)46(43)33-50(70)62(44,45)8)17-24-52(72)65-48(58(76)77)15-12-13-27-64-51(71)16-11-10-14-28-68(59(78)79-42-19-23-47-49(32-42)80-53(35-63)66-47)30-29-67(9)54(73)34-60(5,6)55-39(4)56(74)37(2)38(3)57(55)75/h19,23,32,36,40-41,43-46,48,50,69-70,74-75H,3-4,10-18,20-22,24-31,33-34H2,1-2,5-9H3,(H,64,71)(H,65,72)(H,76,77)/t36-,40-,41-,43+,44-,45+,46+,48?,50+,61+,62-/m1/s1. The Labute approximate surface area is 475 Å². The summed E-state index contributed by atoms with van der Waals surface area (Å²) in [6.45, 7) is 20.8. The fraction of sp³-hybridized carbons (Fsp3) is 0.661. The number of aromatic nitrogens is 1. The van der Waals surface area contributed by atoms with Crippen molar-refractivity contribution in [2.45, 2.75) is 181 Å². The Kier molecular flexibility index (Phi) is 20.1. The fourth-order valence-electron chi connectivity index (χ4n) is 15.0. The Morgan fingerprint density at radius 2 is 1.66 bits per heavy atom. The summed E-state index contributed by atoms with van der Waals surface area (Å²) in [5, 5.41) is 69.9. The van der Waals surface area contributed by atoms with E-state index in [1.54, 1.807) is 46.0 Å². The molecule has 1 heterocycles. The van der Waals surface area contributed by atoms with Crippen molar-refractivity contribution in [2.75, 3.05) is 33.2 Å². The molecule has 4 aliphatic rings. The lowest BCUT2D eigenvalue weighted by molar-refractivity contribution is -0.175. The molecular weight excluding hydrogens is 1040 g/mol. The Morgan fingerprint density at radius 3 is 2.39 bits per heavy atom. The Hall–Kier alpha value is -5.77. The van der Waals surface area contributed by atoms with Crippen LogP contribution in [0.1, 0.15) is 166 Å². The zero-order valence-corrected chi connectivity index (χ0v) is 49.1. The molecule has 0 saturated heterocycles. The summed E-state index contributed by atoms with van der Waals surface area (Å²) in [6, 6.07) is 5.91. The van der Waals surface area contributed by atoms with Crippen LogP contribution < -0.4 is 25.8 Å². The third kappa shape index (κ3) is 13.6. The third-order valence-corrected chi connectivity index (χ3v) is 20.7. The SMILES string of the molecule is C=c1c(C)c(O)c(=C)c(C(C)(C)CC(=O)N(C)CCN(CCCCCC(=O)NCCCCC(NC(=O)CC[C@@H](C)[C@H]2CC[C@H]3[C@@H]4CC[C@@H]5C[C@H](O)CC[C@]5(C)[C@H]4C[C@H](O)[C@]23C)C(=O)O)C(=O)Oc2ccc3nc(C#N)sc3c2)c1O. The first kappa shape index (κ1) is 61.8. The highest BCUT2D eigenvalue weighted by atomic mass is 32.1. The Balaban J connectivity index is 0.823. The zero-order chi connectivity index (χ0) is 58.4. The van der Waals surface area contributed by atoms with Crippen LogP contribution in [0.5, 0.6) is 17.2 Å².